The lowest BCUT2D eigenvalue weighted by Gasteiger charge is -2.34. The van der Waals surface area contributed by atoms with Crippen LogP contribution >= 0.6 is 19.3 Å². The van der Waals surface area contributed by atoms with Crippen LogP contribution in [0.25, 0.3) is 0 Å². The maximum atomic E-state index is 5.80. The van der Waals surface area contributed by atoms with Crippen molar-refractivity contribution in [2.45, 2.75) is 25.5 Å². The first-order valence-electron chi connectivity index (χ1n) is 4.16. The Morgan fingerprint density at radius 3 is 2.82 bits per heavy atom. The number of halogens is 1. The van der Waals surface area contributed by atoms with Crippen LogP contribution in [-0.4, -0.2) is 24.0 Å². The molecule has 4 heteroatoms. The Balaban J connectivity index is 1.89. The van der Waals surface area contributed by atoms with Crippen molar-refractivity contribution in [2.24, 2.45) is 5.92 Å². The van der Waals surface area contributed by atoms with E-state index < -0.39 is 0 Å². The van der Waals surface area contributed by atoms with Gasteiger partial charge in [-0.2, -0.15) is 0 Å². The molecule has 2 atom stereocenters. The van der Waals surface area contributed by atoms with Crippen LogP contribution in [0.1, 0.15) is 19.3 Å². The van der Waals surface area contributed by atoms with Gasteiger partial charge in [0.15, 0.2) is 0 Å². The number of hydrogen-bond donors (Lipinski definition) is 0. The molecule has 0 N–H and O–H groups in total. The monoisotopic (exact) mass is 193 g/mol. The molecule has 0 bridgehead atoms. The van der Waals surface area contributed by atoms with Gasteiger partial charge in [-0.3, -0.25) is 0 Å². The molecule has 2 nitrogen and oxygen atoms in total. The average molecular weight is 194 g/mol. The van der Waals surface area contributed by atoms with E-state index >= 15 is 0 Å². The van der Waals surface area contributed by atoms with Gasteiger partial charge >= 0.3 is 0 Å². The lowest BCUT2D eigenvalue weighted by atomic mass is 9.84. The van der Waals surface area contributed by atoms with E-state index in [9.17, 15) is 0 Å². The zero-order chi connectivity index (χ0) is 7.68. The quantitative estimate of drug-likeness (QED) is 0.624. The number of hydrogen-bond acceptors (Lipinski definition) is 2. The van der Waals surface area contributed by atoms with E-state index in [0.717, 1.165) is 19.1 Å². The molecule has 0 radical (unpaired) electrons. The first kappa shape index (κ1) is 8.25. The second kappa shape index (κ2) is 3.57. The van der Waals surface area contributed by atoms with Crippen molar-refractivity contribution in [1.29, 1.82) is 0 Å². The molecule has 0 aromatic rings. The van der Waals surface area contributed by atoms with Crippen molar-refractivity contribution in [2.75, 3.05) is 13.2 Å². The summed E-state index contributed by atoms with van der Waals surface area (Å²) >= 11 is 5.80. The molecule has 11 heavy (non-hydrogen) atoms. The topological polar surface area (TPSA) is 12.5 Å². The van der Waals surface area contributed by atoms with Gasteiger partial charge in [-0.05, 0) is 18.8 Å². The van der Waals surface area contributed by atoms with Gasteiger partial charge in [-0.1, -0.05) is 17.7 Å². The number of nitrogens with zero attached hydrogens (tertiary/aromatic N) is 1. The molecule has 1 aliphatic heterocycles. The van der Waals surface area contributed by atoms with E-state index in [2.05, 4.69) is 4.67 Å². The molecular weight excluding hydrogens is 181 g/mol. The van der Waals surface area contributed by atoms with Gasteiger partial charge in [0.25, 0.3) is 0 Å². The molecule has 0 spiro atoms. The molecule has 1 saturated carbocycles. The smallest absolute Gasteiger partial charge is 0.117 e. The summed E-state index contributed by atoms with van der Waals surface area (Å²) in [6, 6.07) is 0. The van der Waals surface area contributed by atoms with Crippen LogP contribution in [0, 0.1) is 5.92 Å². The van der Waals surface area contributed by atoms with Gasteiger partial charge in [-0.25, -0.2) is 4.67 Å². The van der Waals surface area contributed by atoms with E-state index in [0.29, 0.717) is 14.3 Å². The fraction of sp³-hybridized carbons (Fsp3) is 1.00. The summed E-state index contributed by atoms with van der Waals surface area (Å²) in [5, 5.41) is 0. The van der Waals surface area contributed by atoms with Crippen LogP contribution < -0.4 is 0 Å². The molecule has 1 aliphatic carbocycles. The Morgan fingerprint density at radius 2 is 2.27 bits per heavy atom. The minimum absolute atomic E-state index is 0.361. The largest absolute Gasteiger partial charge is 0.361 e. The van der Waals surface area contributed by atoms with Crippen LogP contribution in [0.15, 0.2) is 0 Å². The highest BCUT2D eigenvalue weighted by Gasteiger charge is 2.35. The molecule has 64 valence electrons. The maximum absolute atomic E-state index is 5.80. The lowest BCUT2D eigenvalue weighted by Crippen LogP contribution is -2.34. The van der Waals surface area contributed by atoms with Gasteiger partial charge in [0.1, 0.15) is 6.23 Å². The lowest BCUT2D eigenvalue weighted by molar-refractivity contribution is -0.00868. The van der Waals surface area contributed by atoms with Gasteiger partial charge < -0.3 is 4.74 Å². The van der Waals surface area contributed by atoms with Crippen molar-refractivity contribution >= 4 is 19.3 Å². The molecule has 2 fully saturated rings. The van der Waals surface area contributed by atoms with Crippen LogP contribution in [0.3, 0.4) is 0 Å². The van der Waals surface area contributed by atoms with E-state index in [1.807, 2.05) is 0 Å². The Labute approximate surface area is 73.9 Å². The van der Waals surface area contributed by atoms with Crippen molar-refractivity contribution in [3.8, 4) is 0 Å². The van der Waals surface area contributed by atoms with Crippen LogP contribution in [0.4, 0.5) is 0 Å². The summed E-state index contributed by atoms with van der Waals surface area (Å²) < 4.78 is 7.86. The van der Waals surface area contributed by atoms with Gasteiger partial charge in [0.05, 0.1) is 14.7 Å². The molecule has 0 aromatic heterocycles. The highest BCUT2D eigenvalue weighted by atomic mass is 35.7. The van der Waals surface area contributed by atoms with Crippen molar-refractivity contribution < 1.29 is 4.74 Å². The predicted molar refractivity (Wildman–Crippen MR) is 48.0 cm³/mol. The fourth-order valence-corrected chi connectivity index (χ4v) is 2.79. The summed E-state index contributed by atoms with van der Waals surface area (Å²) in [6.07, 6.45) is 4.41. The van der Waals surface area contributed by atoms with Crippen LogP contribution in [0.5, 0.6) is 0 Å². The molecule has 0 aromatic carbocycles. The first-order chi connectivity index (χ1) is 5.42. The normalized spacial score (nSPS) is 35.2. The third-order valence-electron chi connectivity index (χ3n) is 2.59. The van der Waals surface area contributed by atoms with E-state index in [1.54, 1.807) is 0 Å². The number of ether oxygens (including phenoxy) is 1. The minimum atomic E-state index is 0.361. The summed E-state index contributed by atoms with van der Waals surface area (Å²) in [5.41, 5.74) is 0. The molecule has 2 rings (SSSR count). The molecular formula is C7H13ClNOP. The molecule has 0 amide bonds. The number of rotatable bonds is 2. The van der Waals surface area contributed by atoms with Crippen LogP contribution in [-0.2, 0) is 4.74 Å². The van der Waals surface area contributed by atoms with E-state index in [4.69, 9.17) is 16.0 Å². The average Bonchev–Trinajstić information content (AvgIpc) is 2.32. The van der Waals surface area contributed by atoms with Gasteiger partial charge in [0.2, 0.25) is 0 Å². The van der Waals surface area contributed by atoms with Gasteiger partial charge in [0, 0.05) is 6.54 Å². The highest BCUT2D eigenvalue weighted by Crippen LogP contribution is 2.40. The minimum Gasteiger partial charge on any atom is -0.361 e. The first-order valence-corrected chi connectivity index (χ1v) is 6.12. The zero-order valence-corrected chi connectivity index (χ0v) is 8.18. The van der Waals surface area contributed by atoms with Crippen molar-refractivity contribution in [3.05, 3.63) is 0 Å². The molecule has 2 unspecified atom stereocenters. The Hall–Kier alpha value is 0.640. The molecule has 1 saturated heterocycles. The Kier molecular flexibility index (Phi) is 2.68. The van der Waals surface area contributed by atoms with E-state index in [1.165, 1.54) is 19.3 Å². The Morgan fingerprint density at radius 1 is 1.45 bits per heavy atom. The summed E-state index contributed by atoms with van der Waals surface area (Å²) in [6.45, 7) is 1.91. The van der Waals surface area contributed by atoms with Gasteiger partial charge in [-0.15, -0.1) is 0 Å². The fourth-order valence-electron chi connectivity index (χ4n) is 1.69. The maximum Gasteiger partial charge on any atom is 0.117 e. The van der Waals surface area contributed by atoms with Crippen molar-refractivity contribution in [1.82, 2.24) is 4.67 Å². The van der Waals surface area contributed by atoms with E-state index in [-0.39, 0.29) is 0 Å². The third kappa shape index (κ3) is 1.55. The van der Waals surface area contributed by atoms with Crippen LogP contribution in [0.2, 0.25) is 0 Å². The zero-order valence-electron chi connectivity index (χ0n) is 6.42. The highest BCUT2D eigenvalue weighted by molar-refractivity contribution is 7.66. The SMILES string of the molecule is ClPN1CCOC1C1CCC1. The standard InChI is InChI=1S/C7H13ClNOP/c8-11-9-4-5-10-7(9)6-2-1-3-6/h6-7,11H,1-5H2. The molecule has 2 aliphatic rings. The second-order valence-electron chi connectivity index (χ2n) is 3.23. The van der Waals surface area contributed by atoms with Crippen molar-refractivity contribution in [3.63, 3.8) is 0 Å². The second-order valence-corrected chi connectivity index (χ2v) is 4.48. The summed E-state index contributed by atoms with van der Waals surface area (Å²) in [4.78, 5) is 0. The molecule has 1 heterocycles. The predicted octanol–water partition coefficient (Wildman–Crippen LogP) is 2.19. The summed E-state index contributed by atoms with van der Waals surface area (Å²) in [7, 11) is 0.402. The third-order valence-corrected chi connectivity index (χ3v) is 3.94. The summed E-state index contributed by atoms with van der Waals surface area (Å²) in [5.74, 6) is 0.781. The Bertz CT molecular complexity index is 142.